The van der Waals surface area contributed by atoms with Crippen molar-refractivity contribution in [3.8, 4) is 6.01 Å². The number of hydrogen-bond acceptors (Lipinski definition) is 5. The zero-order chi connectivity index (χ0) is 14.2. The molecule has 6 nitrogen and oxygen atoms in total. The van der Waals surface area contributed by atoms with Crippen molar-refractivity contribution < 1.29 is 9.53 Å². The first-order chi connectivity index (χ1) is 9.78. The number of hydrogen-bond donors (Lipinski definition) is 1. The number of ether oxygens (including phenoxy) is 1. The summed E-state index contributed by atoms with van der Waals surface area (Å²) in [5.74, 6) is 0.470. The Hall–Kier alpha value is -2.50. The molecule has 0 radical (unpaired) electrons. The van der Waals surface area contributed by atoms with Gasteiger partial charge < -0.3 is 10.1 Å². The van der Waals surface area contributed by atoms with Crippen LogP contribution in [0.5, 0.6) is 6.01 Å². The van der Waals surface area contributed by atoms with Gasteiger partial charge >= 0.3 is 6.01 Å². The fourth-order valence-electron chi connectivity index (χ4n) is 1.58. The number of nitrogens with one attached hydrogen (secondary N) is 1. The van der Waals surface area contributed by atoms with Crippen molar-refractivity contribution >= 4 is 11.7 Å². The highest BCUT2D eigenvalue weighted by Crippen LogP contribution is 2.06. The van der Waals surface area contributed by atoms with Crippen molar-refractivity contribution in [1.29, 1.82) is 0 Å². The maximum atomic E-state index is 11.7. The molecule has 0 spiro atoms. The molecule has 0 saturated heterocycles. The predicted octanol–water partition coefficient (Wildman–Crippen LogP) is 1.84. The van der Waals surface area contributed by atoms with Gasteiger partial charge in [-0.05, 0) is 31.0 Å². The molecule has 0 aliphatic heterocycles. The molecule has 104 valence electrons. The lowest BCUT2D eigenvalue weighted by atomic mass is 10.2. The lowest BCUT2D eigenvalue weighted by molar-refractivity contribution is -0.116. The van der Waals surface area contributed by atoms with E-state index in [1.807, 2.05) is 13.0 Å². The van der Waals surface area contributed by atoms with Crippen molar-refractivity contribution in [3.05, 3.63) is 42.4 Å². The first-order valence-electron chi connectivity index (χ1n) is 6.42. The third kappa shape index (κ3) is 4.31. The minimum absolute atomic E-state index is 0.0856. The van der Waals surface area contributed by atoms with E-state index in [1.165, 1.54) is 0 Å². The van der Waals surface area contributed by atoms with E-state index >= 15 is 0 Å². The first-order valence-corrected chi connectivity index (χ1v) is 6.42. The first kappa shape index (κ1) is 13.9. The fourth-order valence-corrected chi connectivity index (χ4v) is 1.58. The fraction of sp³-hybridized carbons (Fsp3) is 0.286. The lowest BCUT2D eigenvalue weighted by Crippen LogP contribution is -2.13. The summed E-state index contributed by atoms with van der Waals surface area (Å²) in [5, 5.41) is 2.73. The lowest BCUT2D eigenvalue weighted by Gasteiger charge is -2.04. The zero-order valence-electron chi connectivity index (χ0n) is 11.2. The Morgan fingerprint density at radius 2 is 2.05 bits per heavy atom. The minimum atomic E-state index is -0.0856. The molecule has 1 amide bonds. The van der Waals surface area contributed by atoms with Crippen LogP contribution < -0.4 is 10.1 Å². The molecule has 2 rings (SSSR count). The molecule has 20 heavy (non-hydrogen) atoms. The van der Waals surface area contributed by atoms with E-state index in [1.54, 1.807) is 30.7 Å². The van der Waals surface area contributed by atoms with Crippen molar-refractivity contribution in [3.63, 3.8) is 0 Å². The Bertz CT molecular complexity index is 543. The molecule has 0 aromatic carbocycles. The van der Waals surface area contributed by atoms with Crippen LogP contribution in [0.1, 0.15) is 18.9 Å². The molecule has 0 aliphatic rings. The van der Waals surface area contributed by atoms with Crippen molar-refractivity contribution in [1.82, 2.24) is 15.0 Å². The van der Waals surface area contributed by atoms with Gasteiger partial charge in [0.15, 0.2) is 0 Å². The molecular weight excluding hydrogens is 256 g/mol. The number of anilines is 1. The van der Waals surface area contributed by atoms with E-state index in [4.69, 9.17) is 4.74 Å². The van der Waals surface area contributed by atoms with Gasteiger partial charge in [-0.3, -0.25) is 4.79 Å². The molecule has 0 unspecified atom stereocenters. The van der Waals surface area contributed by atoms with Gasteiger partial charge in [0.2, 0.25) is 5.91 Å². The number of aryl methyl sites for hydroxylation is 1. The van der Waals surface area contributed by atoms with Crippen LogP contribution in [0.3, 0.4) is 0 Å². The van der Waals surface area contributed by atoms with E-state index in [0.29, 0.717) is 31.3 Å². The Labute approximate surface area is 117 Å². The van der Waals surface area contributed by atoms with Gasteiger partial charge in [-0.2, -0.15) is 0 Å². The Kier molecular flexibility index (Phi) is 5.00. The normalized spacial score (nSPS) is 10.1. The van der Waals surface area contributed by atoms with Crippen LogP contribution in [0.15, 0.2) is 36.8 Å². The Balaban J connectivity index is 1.81. The summed E-state index contributed by atoms with van der Waals surface area (Å²) in [4.78, 5) is 23.9. The highest BCUT2D eigenvalue weighted by Gasteiger charge is 2.04. The molecule has 2 aromatic heterocycles. The molecule has 6 heteroatoms. The van der Waals surface area contributed by atoms with E-state index in [9.17, 15) is 4.79 Å². The summed E-state index contributed by atoms with van der Waals surface area (Å²) >= 11 is 0. The summed E-state index contributed by atoms with van der Waals surface area (Å²) in [6.07, 6.45) is 5.91. The maximum absolute atomic E-state index is 11.7. The summed E-state index contributed by atoms with van der Waals surface area (Å²) in [6, 6.07) is 5.72. The third-order valence-electron chi connectivity index (χ3n) is 2.53. The summed E-state index contributed by atoms with van der Waals surface area (Å²) in [5.41, 5.74) is 0.893. The smallest absolute Gasteiger partial charge is 0.316 e. The van der Waals surface area contributed by atoms with Crippen molar-refractivity contribution in [2.24, 2.45) is 0 Å². The molecule has 0 aliphatic carbocycles. The van der Waals surface area contributed by atoms with Crippen molar-refractivity contribution in [2.45, 2.75) is 19.8 Å². The van der Waals surface area contributed by atoms with Crippen LogP contribution in [0.4, 0.5) is 5.82 Å². The SMILES string of the molecule is CCOc1ncc(CCC(=O)Nc2ccccn2)cn1. The van der Waals surface area contributed by atoms with Crippen LogP contribution >= 0.6 is 0 Å². The largest absolute Gasteiger partial charge is 0.464 e. The zero-order valence-corrected chi connectivity index (χ0v) is 11.2. The summed E-state index contributed by atoms with van der Waals surface area (Å²) < 4.78 is 5.16. The number of carbonyl (C=O) groups excluding carboxylic acids is 1. The van der Waals surface area contributed by atoms with Gasteiger partial charge in [-0.1, -0.05) is 6.07 Å². The monoisotopic (exact) mass is 272 g/mol. The second-order valence-corrected chi connectivity index (χ2v) is 4.07. The van der Waals surface area contributed by atoms with E-state index in [2.05, 4.69) is 20.3 Å². The molecule has 2 aromatic rings. The predicted molar refractivity (Wildman–Crippen MR) is 74.4 cm³/mol. The molecular formula is C14H16N4O2. The number of pyridine rings is 1. The van der Waals surface area contributed by atoms with Gasteiger partial charge in [0.25, 0.3) is 0 Å². The van der Waals surface area contributed by atoms with Gasteiger partial charge in [0.1, 0.15) is 5.82 Å². The van der Waals surface area contributed by atoms with E-state index in [0.717, 1.165) is 5.56 Å². The highest BCUT2D eigenvalue weighted by atomic mass is 16.5. The minimum Gasteiger partial charge on any atom is -0.464 e. The molecule has 0 atom stereocenters. The Morgan fingerprint density at radius 3 is 2.70 bits per heavy atom. The summed E-state index contributed by atoms with van der Waals surface area (Å²) in [6.45, 7) is 2.41. The van der Waals surface area contributed by atoms with Gasteiger partial charge in [-0.15, -0.1) is 0 Å². The summed E-state index contributed by atoms with van der Waals surface area (Å²) in [7, 11) is 0. The molecule has 0 saturated carbocycles. The molecule has 0 fully saturated rings. The topological polar surface area (TPSA) is 77.0 Å². The molecule has 2 heterocycles. The van der Waals surface area contributed by atoms with Crippen LogP contribution in [-0.4, -0.2) is 27.5 Å². The average Bonchev–Trinajstić information content (AvgIpc) is 2.48. The Morgan fingerprint density at radius 1 is 1.25 bits per heavy atom. The second kappa shape index (κ2) is 7.18. The van der Waals surface area contributed by atoms with Crippen LogP contribution in [-0.2, 0) is 11.2 Å². The number of amides is 1. The maximum Gasteiger partial charge on any atom is 0.316 e. The number of carbonyl (C=O) groups is 1. The van der Waals surface area contributed by atoms with Gasteiger partial charge in [-0.25, -0.2) is 15.0 Å². The van der Waals surface area contributed by atoms with Crippen molar-refractivity contribution in [2.75, 3.05) is 11.9 Å². The van der Waals surface area contributed by atoms with E-state index in [-0.39, 0.29) is 5.91 Å². The van der Waals surface area contributed by atoms with Crippen LogP contribution in [0, 0.1) is 0 Å². The van der Waals surface area contributed by atoms with E-state index < -0.39 is 0 Å². The van der Waals surface area contributed by atoms with Gasteiger partial charge in [0.05, 0.1) is 6.61 Å². The highest BCUT2D eigenvalue weighted by molar-refractivity contribution is 5.89. The molecule has 0 bridgehead atoms. The van der Waals surface area contributed by atoms with Crippen LogP contribution in [0.2, 0.25) is 0 Å². The third-order valence-corrected chi connectivity index (χ3v) is 2.53. The number of rotatable bonds is 6. The standard InChI is InChI=1S/C14H16N4O2/c1-2-20-14-16-9-11(10-17-14)6-7-13(19)18-12-5-3-4-8-15-12/h3-5,8-10H,2,6-7H2,1H3,(H,15,18,19). The number of aromatic nitrogens is 3. The average molecular weight is 272 g/mol. The second-order valence-electron chi connectivity index (χ2n) is 4.07. The molecule has 1 N–H and O–H groups in total. The quantitative estimate of drug-likeness (QED) is 0.868. The van der Waals surface area contributed by atoms with Gasteiger partial charge in [0, 0.05) is 25.0 Å². The van der Waals surface area contributed by atoms with Crippen LogP contribution in [0.25, 0.3) is 0 Å². The number of nitrogens with zero attached hydrogens (tertiary/aromatic N) is 3.